The number of rotatable bonds is 1. The van der Waals surface area contributed by atoms with Crippen molar-refractivity contribution in [2.75, 3.05) is 0 Å². The van der Waals surface area contributed by atoms with Gasteiger partial charge in [0.1, 0.15) is 11.3 Å². The van der Waals surface area contributed by atoms with Gasteiger partial charge in [-0.05, 0) is 38.1 Å². The predicted molar refractivity (Wildman–Crippen MR) is 84.5 cm³/mol. The van der Waals surface area contributed by atoms with Crippen LogP contribution in [0, 0.1) is 13.8 Å². The highest BCUT2D eigenvalue weighted by Crippen LogP contribution is 2.43. The monoisotopic (exact) mass is 315 g/mol. The second kappa shape index (κ2) is 4.31. The van der Waals surface area contributed by atoms with Crippen LogP contribution in [-0.2, 0) is 0 Å². The molecule has 118 valence electrons. The molecule has 4 rings (SSSR count). The number of nitrogens with zero attached hydrogens (tertiary/aromatic N) is 3. The van der Waals surface area contributed by atoms with E-state index >= 15 is 8.63 Å². The Labute approximate surface area is 132 Å². The summed E-state index contributed by atoms with van der Waals surface area (Å²) in [5, 5.41) is 0. The second-order valence-corrected chi connectivity index (χ2v) is 6.20. The van der Waals surface area contributed by atoms with Crippen molar-refractivity contribution in [3.8, 4) is 0 Å². The standard InChI is InChI=1S/C16H16BF2N3O/c1-9-5-11(3)21-15(9)14(13-7-20-8-23-13)16-10(2)6-12(4)22(16)17(21,18)19/h5-8H,1-4H3. The van der Waals surface area contributed by atoms with Gasteiger partial charge < -0.3 is 22.0 Å². The molecular weight excluding hydrogens is 299 g/mol. The Kier molecular flexibility index (Phi) is 2.66. The van der Waals surface area contributed by atoms with E-state index in [1.165, 1.54) is 6.39 Å². The average molecular weight is 315 g/mol. The summed E-state index contributed by atoms with van der Waals surface area (Å²) in [5.41, 5.74) is 4.38. The first-order chi connectivity index (χ1) is 10.8. The zero-order valence-electron chi connectivity index (χ0n) is 13.4. The van der Waals surface area contributed by atoms with E-state index in [4.69, 9.17) is 4.42 Å². The van der Waals surface area contributed by atoms with E-state index in [1.807, 2.05) is 13.8 Å². The van der Waals surface area contributed by atoms with Gasteiger partial charge in [0.15, 0.2) is 17.9 Å². The highest BCUT2D eigenvalue weighted by Gasteiger charge is 2.55. The molecule has 2 aromatic heterocycles. The molecule has 0 atom stereocenters. The van der Waals surface area contributed by atoms with Crippen molar-refractivity contribution in [2.24, 2.45) is 0 Å². The van der Waals surface area contributed by atoms with Crippen molar-refractivity contribution in [3.63, 3.8) is 0 Å². The van der Waals surface area contributed by atoms with Crippen LogP contribution in [0.3, 0.4) is 0 Å². The lowest BCUT2D eigenvalue weighted by atomic mass is 9.85. The highest BCUT2D eigenvalue weighted by molar-refractivity contribution is 6.58. The quantitative estimate of drug-likeness (QED) is 0.755. The van der Waals surface area contributed by atoms with Crippen LogP contribution in [-0.4, -0.2) is 26.6 Å². The Morgan fingerprint density at radius 1 is 1.22 bits per heavy atom. The van der Waals surface area contributed by atoms with Crippen LogP contribution in [0.5, 0.6) is 0 Å². The fourth-order valence-corrected chi connectivity index (χ4v) is 3.87. The summed E-state index contributed by atoms with van der Waals surface area (Å²) in [5.74, 6) is 0.501. The Bertz CT molecular complexity index is 933. The molecule has 4 heterocycles. The second-order valence-electron chi connectivity index (χ2n) is 6.20. The topological polar surface area (TPSA) is 34.0 Å². The molecule has 0 aromatic carbocycles. The maximum Gasteiger partial charge on any atom is 0.737 e. The molecule has 0 amide bonds. The minimum Gasteiger partial charge on any atom is -0.443 e. The van der Waals surface area contributed by atoms with Crippen molar-refractivity contribution in [1.29, 1.82) is 0 Å². The van der Waals surface area contributed by atoms with E-state index in [1.54, 1.807) is 32.2 Å². The number of aryl methyl sites for hydroxylation is 2. The average Bonchev–Trinajstić information content (AvgIpc) is 3.12. The van der Waals surface area contributed by atoms with Gasteiger partial charge >= 0.3 is 6.97 Å². The number of oxazole rings is 1. The van der Waals surface area contributed by atoms with Gasteiger partial charge in [-0.3, -0.25) is 0 Å². The number of aromatic nitrogens is 2. The first kappa shape index (κ1) is 14.2. The Balaban J connectivity index is 2.20. The van der Waals surface area contributed by atoms with Crippen LogP contribution >= 0.6 is 0 Å². The molecular formula is C16H16BF2N3O. The van der Waals surface area contributed by atoms with Crippen molar-refractivity contribution in [3.05, 3.63) is 58.7 Å². The summed E-state index contributed by atoms with van der Waals surface area (Å²) < 4.78 is 38.3. The first-order valence-corrected chi connectivity index (χ1v) is 7.50. The molecule has 0 radical (unpaired) electrons. The van der Waals surface area contributed by atoms with Crippen LogP contribution in [0.1, 0.15) is 36.6 Å². The molecule has 23 heavy (non-hydrogen) atoms. The summed E-state index contributed by atoms with van der Waals surface area (Å²) in [7, 11) is 0. The molecule has 0 fully saturated rings. The fourth-order valence-electron chi connectivity index (χ4n) is 3.87. The Hall–Kier alpha value is -2.44. The van der Waals surface area contributed by atoms with Crippen LogP contribution in [0.4, 0.5) is 8.63 Å². The van der Waals surface area contributed by atoms with Crippen LogP contribution < -0.4 is 0 Å². The molecule has 0 saturated heterocycles. The van der Waals surface area contributed by atoms with Crippen molar-refractivity contribution in [2.45, 2.75) is 27.7 Å². The fraction of sp³-hybridized carbons (Fsp3) is 0.250. The zero-order valence-corrected chi connectivity index (χ0v) is 13.4. The van der Waals surface area contributed by atoms with E-state index < -0.39 is 6.97 Å². The Morgan fingerprint density at radius 3 is 2.61 bits per heavy atom. The molecule has 0 unspecified atom stereocenters. The maximum atomic E-state index is 15.3. The van der Waals surface area contributed by atoms with E-state index in [2.05, 4.69) is 4.98 Å². The molecule has 4 nitrogen and oxygen atoms in total. The molecule has 2 aliphatic heterocycles. The minimum absolute atomic E-state index is 0.501. The van der Waals surface area contributed by atoms with Crippen molar-refractivity contribution >= 4 is 18.3 Å². The van der Waals surface area contributed by atoms with Crippen LogP contribution in [0.25, 0.3) is 5.57 Å². The molecule has 2 aliphatic rings. The lowest BCUT2D eigenvalue weighted by Crippen LogP contribution is -2.51. The first-order valence-electron chi connectivity index (χ1n) is 7.50. The summed E-state index contributed by atoms with van der Waals surface area (Å²) in [4.78, 5) is 3.96. The number of halogens is 2. The molecule has 0 bridgehead atoms. The third kappa shape index (κ3) is 1.65. The molecule has 0 spiro atoms. The Morgan fingerprint density at radius 2 is 1.96 bits per heavy atom. The molecule has 0 saturated carbocycles. The van der Waals surface area contributed by atoms with Gasteiger partial charge in [0.25, 0.3) is 0 Å². The van der Waals surface area contributed by atoms with E-state index in [0.717, 1.165) is 20.1 Å². The van der Waals surface area contributed by atoms with Crippen molar-refractivity contribution < 1.29 is 17.5 Å². The zero-order chi connectivity index (χ0) is 16.5. The number of allylic oxidation sites excluding steroid dienone is 2. The van der Waals surface area contributed by atoms with Gasteiger partial charge in [0.05, 0.1) is 6.20 Å². The normalized spacial score (nSPS) is 19.1. The van der Waals surface area contributed by atoms with Gasteiger partial charge in [-0.2, -0.15) is 0 Å². The summed E-state index contributed by atoms with van der Waals surface area (Å²) in [6.07, 6.45) is 4.69. The number of hydrogen-bond donors (Lipinski definition) is 0. The van der Waals surface area contributed by atoms with Crippen molar-refractivity contribution in [1.82, 2.24) is 9.46 Å². The predicted octanol–water partition coefficient (Wildman–Crippen LogP) is 3.52. The summed E-state index contributed by atoms with van der Waals surface area (Å²) in [6.45, 7) is 3.18. The minimum atomic E-state index is -3.94. The van der Waals surface area contributed by atoms with Gasteiger partial charge in [-0.1, -0.05) is 0 Å². The maximum absolute atomic E-state index is 15.3. The SMILES string of the molecule is CC1=CC(C)=[N+]2C1=C(c1cnco1)c1c(C)cc(C)n1[B-]2(F)F. The largest absolute Gasteiger partial charge is 0.737 e. The third-order valence-corrected chi connectivity index (χ3v) is 4.61. The van der Waals surface area contributed by atoms with Gasteiger partial charge in [-0.15, -0.1) is 0 Å². The van der Waals surface area contributed by atoms with Gasteiger partial charge in [-0.25, -0.2) is 4.98 Å². The van der Waals surface area contributed by atoms with Gasteiger partial charge in [0, 0.05) is 24.3 Å². The molecule has 0 aliphatic carbocycles. The van der Waals surface area contributed by atoms with Crippen LogP contribution in [0.2, 0.25) is 0 Å². The third-order valence-electron chi connectivity index (χ3n) is 4.61. The van der Waals surface area contributed by atoms with Crippen LogP contribution in [0.15, 0.2) is 40.4 Å². The lowest BCUT2D eigenvalue weighted by molar-refractivity contribution is -0.363. The number of hydrogen-bond acceptors (Lipinski definition) is 2. The van der Waals surface area contributed by atoms with Gasteiger partial charge in [0.2, 0.25) is 0 Å². The number of fused-ring (bicyclic) bond motifs is 2. The lowest BCUT2D eigenvalue weighted by Gasteiger charge is -2.33. The summed E-state index contributed by atoms with van der Waals surface area (Å²) >= 11 is 0. The smallest absolute Gasteiger partial charge is 0.443 e. The molecule has 2 aromatic rings. The van der Waals surface area contributed by atoms with E-state index in [9.17, 15) is 0 Å². The molecule has 7 heteroatoms. The summed E-state index contributed by atoms with van der Waals surface area (Å²) in [6, 6.07) is 1.79. The van der Waals surface area contributed by atoms with E-state index in [-0.39, 0.29) is 0 Å². The highest BCUT2D eigenvalue weighted by atomic mass is 19.2. The van der Waals surface area contributed by atoms with E-state index in [0.29, 0.717) is 34.1 Å². The molecule has 0 N–H and O–H groups in total.